The molecule has 200 valence electrons. The highest BCUT2D eigenvalue weighted by molar-refractivity contribution is 6.31. The van der Waals surface area contributed by atoms with E-state index in [1.165, 1.54) is 52.4 Å². The number of nitrogens with two attached hydrogens (primary N) is 1. The Morgan fingerprint density at radius 3 is 2.68 bits per heavy atom. The van der Waals surface area contributed by atoms with Crippen molar-refractivity contribution in [3.8, 4) is 17.0 Å². The summed E-state index contributed by atoms with van der Waals surface area (Å²) < 4.78 is 32.1. The quantitative estimate of drug-likeness (QED) is 0.231. The van der Waals surface area contributed by atoms with E-state index in [0.29, 0.717) is 13.0 Å². The molecule has 0 saturated carbocycles. The molecule has 3 aromatic rings. The van der Waals surface area contributed by atoms with E-state index in [1.54, 1.807) is 0 Å². The van der Waals surface area contributed by atoms with E-state index in [4.69, 9.17) is 22.7 Å². The molecule has 1 aliphatic heterocycles. The first-order valence-corrected chi connectivity index (χ1v) is 11.7. The van der Waals surface area contributed by atoms with Crippen molar-refractivity contribution in [2.24, 2.45) is 5.73 Å². The summed E-state index contributed by atoms with van der Waals surface area (Å²) in [4.78, 5) is 35.4. The number of nitrogens with one attached hydrogen (secondary N) is 2. The Labute approximate surface area is 219 Å². The summed E-state index contributed by atoms with van der Waals surface area (Å²) >= 11 is 6.11. The minimum Gasteiger partial charge on any atom is -0.434 e. The molecule has 3 heterocycles. The zero-order chi connectivity index (χ0) is 27.4. The van der Waals surface area contributed by atoms with Gasteiger partial charge in [0.15, 0.2) is 5.92 Å². The summed E-state index contributed by atoms with van der Waals surface area (Å²) in [5.41, 5.74) is 5.65. The van der Waals surface area contributed by atoms with Crippen LogP contribution in [0.4, 0.5) is 14.5 Å². The van der Waals surface area contributed by atoms with Crippen molar-refractivity contribution < 1.29 is 28.2 Å². The normalized spacial score (nSPS) is 15.9. The molecule has 1 aromatic carbocycles. The number of likely N-dealkylation sites (tertiary alicyclic amines) is 1. The Bertz CT molecular complexity index is 1340. The Kier molecular flexibility index (Phi) is 8.12. The molecule has 0 aliphatic carbocycles. The molecule has 1 fully saturated rings. The number of benzene rings is 1. The van der Waals surface area contributed by atoms with E-state index < -0.39 is 30.4 Å². The Morgan fingerprint density at radius 1 is 1.32 bits per heavy atom. The van der Waals surface area contributed by atoms with Crippen LogP contribution >= 0.6 is 11.6 Å². The van der Waals surface area contributed by atoms with Gasteiger partial charge in [0.25, 0.3) is 0 Å². The monoisotopic (exact) mass is 548 g/mol. The molecule has 1 saturated heterocycles. The molecule has 5 N–H and O–H groups in total. The third-order valence-electron chi connectivity index (χ3n) is 5.66. The van der Waals surface area contributed by atoms with Crippen molar-refractivity contribution in [1.29, 1.82) is 5.41 Å². The predicted octanol–water partition coefficient (Wildman–Crippen LogP) is 1.85. The highest BCUT2D eigenvalue weighted by atomic mass is 35.5. The number of aliphatic hydroxyl groups excluding tert-OH is 1. The molecular weight excluding hydrogens is 526 g/mol. The van der Waals surface area contributed by atoms with Crippen molar-refractivity contribution >= 4 is 34.9 Å². The summed E-state index contributed by atoms with van der Waals surface area (Å²) in [6, 6.07) is 5.42. The smallest absolute Gasteiger partial charge is 0.387 e. The number of nitrogens with zero attached hydrogens (tertiary/aromatic N) is 5. The Hall–Kier alpha value is -4.17. The van der Waals surface area contributed by atoms with E-state index in [2.05, 4.69) is 25.1 Å². The molecule has 2 aromatic heterocycles. The average molecular weight is 549 g/mol. The van der Waals surface area contributed by atoms with Crippen molar-refractivity contribution in [3.05, 3.63) is 53.7 Å². The SMILES string of the molecule is N=C(N)C(C(=O)Nc1cn(CC(=O)N2CCC(O)C2)nc1-c1cc(Cl)ccc1OC(F)F)c1ncccn1. The van der Waals surface area contributed by atoms with Crippen molar-refractivity contribution in [3.63, 3.8) is 0 Å². The number of halogens is 3. The van der Waals surface area contributed by atoms with Crippen LogP contribution in [0, 0.1) is 5.41 Å². The topological polar surface area (TPSA) is 172 Å². The van der Waals surface area contributed by atoms with Gasteiger partial charge in [-0.25, -0.2) is 9.97 Å². The lowest BCUT2D eigenvalue weighted by Gasteiger charge is -2.15. The van der Waals surface area contributed by atoms with Crippen LogP contribution in [0.25, 0.3) is 11.3 Å². The van der Waals surface area contributed by atoms with Crippen LogP contribution < -0.4 is 15.8 Å². The number of amides is 2. The second-order valence-electron chi connectivity index (χ2n) is 8.37. The van der Waals surface area contributed by atoms with Gasteiger partial charge in [-0.2, -0.15) is 13.9 Å². The molecule has 2 unspecified atom stereocenters. The lowest BCUT2D eigenvalue weighted by molar-refractivity contribution is -0.131. The molecule has 0 spiro atoms. The fraction of sp³-hybridized carbons (Fsp3) is 0.304. The van der Waals surface area contributed by atoms with E-state index in [-0.39, 0.29) is 52.5 Å². The maximum atomic E-state index is 13.2. The minimum absolute atomic E-state index is 0.00724. The van der Waals surface area contributed by atoms with E-state index in [9.17, 15) is 23.5 Å². The number of hydrogen-bond donors (Lipinski definition) is 4. The van der Waals surface area contributed by atoms with E-state index >= 15 is 0 Å². The van der Waals surface area contributed by atoms with Crippen LogP contribution in [0.5, 0.6) is 5.75 Å². The Morgan fingerprint density at radius 2 is 2.05 bits per heavy atom. The first-order chi connectivity index (χ1) is 18.1. The van der Waals surface area contributed by atoms with Crippen molar-refractivity contribution in [1.82, 2.24) is 24.6 Å². The molecule has 0 radical (unpaired) electrons. The maximum Gasteiger partial charge on any atom is 0.387 e. The second kappa shape index (κ2) is 11.5. The number of anilines is 1. The predicted molar refractivity (Wildman–Crippen MR) is 132 cm³/mol. The van der Waals surface area contributed by atoms with Crippen molar-refractivity contribution in [2.45, 2.75) is 31.6 Å². The number of β-amino-alcohol motifs (C(OH)–C–C–N with tert-alkyl or cyclic N) is 1. The number of ether oxygens (including phenoxy) is 1. The van der Waals surface area contributed by atoms with E-state index in [1.807, 2.05) is 0 Å². The third kappa shape index (κ3) is 6.20. The minimum atomic E-state index is -3.16. The molecule has 15 heteroatoms. The Balaban J connectivity index is 1.72. The van der Waals surface area contributed by atoms with Gasteiger partial charge >= 0.3 is 6.61 Å². The summed E-state index contributed by atoms with van der Waals surface area (Å²) in [7, 11) is 0. The van der Waals surface area contributed by atoms with Gasteiger partial charge in [0, 0.05) is 42.3 Å². The van der Waals surface area contributed by atoms with Crippen LogP contribution in [-0.4, -0.2) is 73.2 Å². The summed E-state index contributed by atoms with van der Waals surface area (Å²) in [5, 5.41) is 24.7. The maximum absolute atomic E-state index is 13.2. The van der Waals surface area contributed by atoms with Gasteiger partial charge in [-0.3, -0.25) is 19.7 Å². The van der Waals surface area contributed by atoms with Gasteiger partial charge in [0.2, 0.25) is 11.8 Å². The highest BCUT2D eigenvalue weighted by Crippen LogP contribution is 2.37. The highest BCUT2D eigenvalue weighted by Gasteiger charge is 2.30. The summed E-state index contributed by atoms with van der Waals surface area (Å²) in [5.74, 6) is -3.33. The molecule has 4 rings (SSSR count). The second-order valence-corrected chi connectivity index (χ2v) is 8.81. The molecule has 12 nitrogen and oxygen atoms in total. The zero-order valence-corrected chi connectivity index (χ0v) is 20.5. The lowest BCUT2D eigenvalue weighted by atomic mass is 10.1. The van der Waals surface area contributed by atoms with Crippen LogP contribution in [-0.2, 0) is 16.1 Å². The fourth-order valence-electron chi connectivity index (χ4n) is 3.95. The van der Waals surface area contributed by atoms with Gasteiger partial charge in [-0.05, 0) is 30.7 Å². The van der Waals surface area contributed by atoms with Crippen LogP contribution in [0.2, 0.25) is 5.02 Å². The molecule has 1 aliphatic rings. The third-order valence-corrected chi connectivity index (χ3v) is 5.90. The van der Waals surface area contributed by atoms with Crippen LogP contribution in [0.3, 0.4) is 0 Å². The number of aromatic nitrogens is 4. The summed E-state index contributed by atoms with van der Waals surface area (Å²) in [6.45, 7) is -2.88. The number of carbonyl (C=O) groups excluding carboxylic acids is 2. The number of rotatable bonds is 9. The molecule has 2 amide bonds. The zero-order valence-electron chi connectivity index (χ0n) is 19.7. The number of aliphatic hydroxyl groups is 1. The van der Waals surface area contributed by atoms with Gasteiger partial charge < -0.3 is 25.8 Å². The van der Waals surface area contributed by atoms with Crippen LogP contribution in [0.15, 0.2) is 42.9 Å². The fourth-order valence-corrected chi connectivity index (χ4v) is 4.12. The first kappa shape index (κ1) is 26.9. The van der Waals surface area contributed by atoms with Gasteiger partial charge in [0.1, 0.15) is 29.6 Å². The van der Waals surface area contributed by atoms with E-state index in [0.717, 1.165) is 0 Å². The molecule has 2 atom stereocenters. The molecule has 38 heavy (non-hydrogen) atoms. The number of amidine groups is 1. The number of carbonyl (C=O) groups is 2. The standard InChI is InChI=1S/C23H23ClF2N8O4/c24-12-2-3-16(38-23(25)26)14(8-12)19-15(10-34(32-19)11-17(36)33-7-4-13(35)9-33)31-22(37)18(20(27)28)21-29-5-1-6-30-21/h1-3,5-6,8,10,13,18,23,35H,4,7,9,11H2,(H3,27,28)(H,31,37). The summed E-state index contributed by atoms with van der Waals surface area (Å²) in [6.07, 6.45) is 3.92. The van der Waals surface area contributed by atoms with Gasteiger partial charge in [-0.1, -0.05) is 11.6 Å². The first-order valence-electron chi connectivity index (χ1n) is 11.3. The van der Waals surface area contributed by atoms with Crippen molar-refractivity contribution in [2.75, 3.05) is 18.4 Å². The molecular formula is C23H23ClF2N8O4. The van der Waals surface area contributed by atoms with Gasteiger partial charge in [0.05, 0.1) is 11.8 Å². The largest absolute Gasteiger partial charge is 0.434 e. The lowest BCUT2D eigenvalue weighted by Crippen LogP contribution is -2.33. The average Bonchev–Trinajstić information content (AvgIpc) is 3.46. The van der Waals surface area contributed by atoms with Crippen LogP contribution in [0.1, 0.15) is 18.2 Å². The molecule has 0 bridgehead atoms. The number of alkyl halides is 2. The van der Waals surface area contributed by atoms with Gasteiger partial charge in [-0.15, -0.1) is 0 Å². The number of hydrogen-bond acceptors (Lipinski definition) is 8.